The van der Waals surface area contributed by atoms with Crippen molar-refractivity contribution in [2.24, 2.45) is 0 Å². The molecule has 2 rings (SSSR count). The van der Waals surface area contributed by atoms with E-state index in [1.165, 1.54) is 6.07 Å². The quantitative estimate of drug-likeness (QED) is 0.549. The maximum absolute atomic E-state index is 11.4. The van der Waals surface area contributed by atoms with Crippen LogP contribution in [0.4, 0.5) is 17.1 Å². The molecule has 0 unspecified atom stereocenters. The molecular formula is C10H10N3O. The van der Waals surface area contributed by atoms with Gasteiger partial charge in [-0.1, -0.05) is 0 Å². The predicted molar refractivity (Wildman–Crippen MR) is 57.3 cm³/mol. The molecule has 0 saturated carbocycles. The molecule has 0 atom stereocenters. The van der Waals surface area contributed by atoms with Gasteiger partial charge in [0.2, 0.25) is 0 Å². The Morgan fingerprint density at radius 1 is 0.857 bits per heavy atom. The molecule has 0 amide bonds. The van der Waals surface area contributed by atoms with Crippen LogP contribution >= 0.6 is 0 Å². The molecule has 14 heavy (non-hydrogen) atoms. The Morgan fingerprint density at radius 3 is 2.21 bits per heavy atom. The average molecular weight is 188 g/mol. The fourth-order valence-electron chi connectivity index (χ4n) is 1.49. The minimum Gasteiger partial charge on any atom is -0.398 e. The van der Waals surface area contributed by atoms with Gasteiger partial charge in [0.1, 0.15) is 0 Å². The van der Waals surface area contributed by atoms with Gasteiger partial charge in [0, 0.05) is 16.5 Å². The second-order valence-corrected chi connectivity index (χ2v) is 3.14. The summed E-state index contributed by atoms with van der Waals surface area (Å²) in [5, 5.41) is 12.5. The van der Waals surface area contributed by atoms with Gasteiger partial charge in [0.05, 0.1) is 11.4 Å². The third kappa shape index (κ3) is 1.01. The minimum atomic E-state index is -0.0964. The molecule has 0 fully saturated rings. The van der Waals surface area contributed by atoms with Crippen LogP contribution in [0.5, 0.6) is 5.75 Å². The zero-order valence-electron chi connectivity index (χ0n) is 7.45. The third-order valence-electron chi connectivity index (χ3n) is 2.25. The van der Waals surface area contributed by atoms with Crippen LogP contribution in [-0.2, 0) is 5.11 Å². The lowest BCUT2D eigenvalue weighted by molar-refractivity contribution is 0.360. The highest BCUT2D eigenvalue weighted by Gasteiger charge is 2.09. The number of hydrogen-bond acceptors (Lipinski definition) is 3. The zero-order chi connectivity index (χ0) is 10.3. The van der Waals surface area contributed by atoms with E-state index < -0.39 is 0 Å². The predicted octanol–water partition coefficient (Wildman–Crippen LogP) is 1.73. The fraction of sp³-hybridized carbons (Fsp3) is 0. The molecule has 6 N–H and O–H groups in total. The van der Waals surface area contributed by atoms with Gasteiger partial charge in [0.15, 0.2) is 5.75 Å². The minimum absolute atomic E-state index is 0.0964. The molecule has 4 heteroatoms. The lowest BCUT2D eigenvalue weighted by Gasteiger charge is -2.07. The highest BCUT2D eigenvalue weighted by molar-refractivity contribution is 6.07. The van der Waals surface area contributed by atoms with Crippen molar-refractivity contribution in [2.45, 2.75) is 0 Å². The van der Waals surface area contributed by atoms with Crippen molar-refractivity contribution in [3.05, 3.63) is 24.3 Å². The summed E-state index contributed by atoms with van der Waals surface area (Å²) < 4.78 is 0. The van der Waals surface area contributed by atoms with Crippen LogP contribution in [0.25, 0.3) is 10.8 Å². The maximum Gasteiger partial charge on any atom is 0.186 e. The van der Waals surface area contributed by atoms with E-state index in [9.17, 15) is 5.11 Å². The van der Waals surface area contributed by atoms with Crippen molar-refractivity contribution in [3.63, 3.8) is 0 Å². The Kier molecular flexibility index (Phi) is 1.64. The first-order valence-corrected chi connectivity index (χ1v) is 4.14. The molecule has 2 aromatic carbocycles. The number of nitrogen functional groups attached to an aromatic ring is 3. The van der Waals surface area contributed by atoms with Crippen LogP contribution < -0.4 is 17.2 Å². The molecule has 1 radical (unpaired) electrons. The zero-order valence-corrected chi connectivity index (χ0v) is 7.45. The molecule has 0 aliphatic heterocycles. The Labute approximate surface area is 80.9 Å². The summed E-state index contributed by atoms with van der Waals surface area (Å²) in [6, 6.07) is 6.21. The monoisotopic (exact) mass is 188 g/mol. The standard InChI is InChI=1S/C10H10N3O/c11-6-3-4-8(14)5-1-2-7(12)10(13)9(5)6/h1-4H,11-13H2. The van der Waals surface area contributed by atoms with Gasteiger partial charge in [0.25, 0.3) is 0 Å². The number of nitrogens with two attached hydrogens (primary N) is 3. The fourth-order valence-corrected chi connectivity index (χ4v) is 1.49. The van der Waals surface area contributed by atoms with E-state index >= 15 is 0 Å². The summed E-state index contributed by atoms with van der Waals surface area (Å²) >= 11 is 0. The summed E-state index contributed by atoms with van der Waals surface area (Å²) in [6.45, 7) is 0. The smallest absolute Gasteiger partial charge is 0.186 e. The number of anilines is 3. The van der Waals surface area contributed by atoms with Crippen LogP contribution in [0.2, 0.25) is 0 Å². The van der Waals surface area contributed by atoms with Crippen LogP contribution in [0.3, 0.4) is 0 Å². The van der Waals surface area contributed by atoms with E-state index in [0.717, 1.165) is 0 Å². The number of fused-ring (bicyclic) bond motifs is 1. The first-order chi connectivity index (χ1) is 6.61. The molecule has 0 aliphatic carbocycles. The Balaban J connectivity index is 3.01. The average Bonchev–Trinajstić information content (AvgIpc) is 2.16. The molecule has 0 spiro atoms. The van der Waals surface area contributed by atoms with Gasteiger partial charge in [-0.2, -0.15) is 0 Å². The highest BCUT2D eigenvalue weighted by atomic mass is 16.3. The van der Waals surface area contributed by atoms with E-state index in [2.05, 4.69) is 0 Å². The first-order valence-electron chi connectivity index (χ1n) is 4.14. The number of benzene rings is 2. The molecule has 0 bridgehead atoms. The summed E-state index contributed by atoms with van der Waals surface area (Å²) in [5.41, 5.74) is 18.4. The van der Waals surface area contributed by atoms with E-state index in [1.54, 1.807) is 18.2 Å². The van der Waals surface area contributed by atoms with E-state index in [4.69, 9.17) is 17.2 Å². The Hall–Kier alpha value is -2.10. The van der Waals surface area contributed by atoms with Crippen LogP contribution in [0, 0.1) is 0 Å². The van der Waals surface area contributed by atoms with Crippen LogP contribution in [0.1, 0.15) is 0 Å². The molecule has 0 aliphatic rings. The summed E-state index contributed by atoms with van der Waals surface area (Å²) in [7, 11) is 0. The first kappa shape index (κ1) is 8.50. The Morgan fingerprint density at radius 2 is 1.50 bits per heavy atom. The van der Waals surface area contributed by atoms with Crippen LogP contribution in [-0.4, -0.2) is 0 Å². The van der Waals surface area contributed by atoms with Crippen molar-refractivity contribution in [1.29, 1.82) is 0 Å². The normalized spacial score (nSPS) is 10.6. The second-order valence-electron chi connectivity index (χ2n) is 3.14. The molecule has 0 saturated heterocycles. The summed E-state index contributed by atoms with van der Waals surface area (Å²) in [6.07, 6.45) is 0. The summed E-state index contributed by atoms with van der Waals surface area (Å²) in [5.74, 6) is -0.0964. The van der Waals surface area contributed by atoms with Crippen molar-refractivity contribution in [1.82, 2.24) is 0 Å². The largest absolute Gasteiger partial charge is 0.398 e. The van der Waals surface area contributed by atoms with Crippen molar-refractivity contribution in [3.8, 4) is 5.75 Å². The molecule has 2 aromatic rings. The molecule has 71 valence electrons. The van der Waals surface area contributed by atoms with Gasteiger partial charge in [-0.05, 0) is 24.3 Å². The van der Waals surface area contributed by atoms with Gasteiger partial charge >= 0.3 is 0 Å². The Bertz CT molecular complexity index is 508. The SMILES string of the molecule is Nc1ccc2c([O])ccc(N)c2c1N. The molecule has 0 aromatic heterocycles. The lowest BCUT2D eigenvalue weighted by atomic mass is 10.0. The van der Waals surface area contributed by atoms with E-state index in [0.29, 0.717) is 27.8 Å². The van der Waals surface area contributed by atoms with Gasteiger partial charge in [-0.3, -0.25) is 5.11 Å². The summed E-state index contributed by atoms with van der Waals surface area (Å²) in [4.78, 5) is 0. The van der Waals surface area contributed by atoms with Crippen molar-refractivity contribution >= 4 is 27.8 Å². The highest BCUT2D eigenvalue weighted by Crippen LogP contribution is 2.36. The molecule has 4 nitrogen and oxygen atoms in total. The third-order valence-corrected chi connectivity index (χ3v) is 2.25. The van der Waals surface area contributed by atoms with Gasteiger partial charge in [-0.25, -0.2) is 0 Å². The number of hydrogen-bond donors (Lipinski definition) is 3. The van der Waals surface area contributed by atoms with Crippen LogP contribution in [0.15, 0.2) is 24.3 Å². The van der Waals surface area contributed by atoms with Crippen molar-refractivity contribution in [2.75, 3.05) is 17.2 Å². The van der Waals surface area contributed by atoms with E-state index in [-0.39, 0.29) is 5.75 Å². The van der Waals surface area contributed by atoms with Gasteiger partial charge in [-0.15, -0.1) is 0 Å². The lowest BCUT2D eigenvalue weighted by Crippen LogP contribution is -1.97. The van der Waals surface area contributed by atoms with Gasteiger partial charge < -0.3 is 17.2 Å². The number of rotatable bonds is 0. The van der Waals surface area contributed by atoms with E-state index in [1.807, 2.05) is 0 Å². The van der Waals surface area contributed by atoms with Crippen molar-refractivity contribution < 1.29 is 5.11 Å². The molecule has 0 heterocycles. The topological polar surface area (TPSA) is 98.0 Å². The second kappa shape index (κ2) is 2.70. The maximum atomic E-state index is 11.4. The molecular weight excluding hydrogens is 178 g/mol.